The van der Waals surface area contributed by atoms with E-state index in [2.05, 4.69) is 0 Å². The number of nitrogens with zero attached hydrogens (tertiary/aromatic N) is 1. The van der Waals surface area contributed by atoms with E-state index in [0.29, 0.717) is 13.0 Å². The number of carbonyl (C=O) groups is 2. The third-order valence-electron chi connectivity index (χ3n) is 2.29. The molecule has 0 saturated carbocycles. The van der Waals surface area contributed by atoms with Gasteiger partial charge in [0.25, 0.3) is 0 Å². The van der Waals surface area contributed by atoms with Gasteiger partial charge in [0.2, 0.25) is 5.91 Å². The van der Waals surface area contributed by atoms with E-state index in [1.165, 1.54) is 4.90 Å². The van der Waals surface area contributed by atoms with Gasteiger partial charge in [-0.1, -0.05) is 0 Å². The molecule has 1 saturated heterocycles. The number of fused-ring (bicyclic) bond motifs is 1. The largest absolute Gasteiger partial charge is 0.477 e. The Kier molecular flexibility index (Phi) is 2.24. The molecule has 0 bridgehead atoms. The first-order valence-corrected chi connectivity index (χ1v) is 5.20. The third kappa shape index (κ3) is 1.31. The van der Waals surface area contributed by atoms with Gasteiger partial charge in [-0.15, -0.1) is 11.8 Å². The number of nitrogens with two attached hydrogens (primary N) is 1. The van der Waals surface area contributed by atoms with Gasteiger partial charge in [0.15, 0.2) is 0 Å². The SMILES string of the molecule is NCC1C=C(C(=O)O)N2C(=O)C[C@H]2S1. The van der Waals surface area contributed by atoms with E-state index in [1.807, 2.05) is 0 Å². The molecule has 2 heterocycles. The summed E-state index contributed by atoms with van der Waals surface area (Å²) in [6.07, 6.45) is 1.98. The number of amides is 1. The van der Waals surface area contributed by atoms with Gasteiger partial charge in [-0.3, -0.25) is 9.69 Å². The van der Waals surface area contributed by atoms with Crippen LogP contribution < -0.4 is 5.73 Å². The van der Waals surface area contributed by atoms with Gasteiger partial charge in [0.05, 0.1) is 11.8 Å². The number of thioether (sulfide) groups is 1. The fourth-order valence-electron chi connectivity index (χ4n) is 1.58. The maximum Gasteiger partial charge on any atom is 0.352 e. The molecule has 1 unspecified atom stereocenters. The highest BCUT2D eigenvalue weighted by Gasteiger charge is 2.44. The van der Waals surface area contributed by atoms with Gasteiger partial charge in [-0.05, 0) is 6.08 Å². The average Bonchev–Trinajstić information content (AvgIpc) is 2.14. The minimum absolute atomic E-state index is 0.00968. The topological polar surface area (TPSA) is 83.6 Å². The molecule has 2 rings (SSSR count). The van der Waals surface area contributed by atoms with Gasteiger partial charge in [-0.2, -0.15) is 0 Å². The Hall–Kier alpha value is -1.01. The first-order chi connectivity index (χ1) is 6.63. The molecule has 0 radical (unpaired) electrons. The number of aliphatic carboxylic acids is 1. The predicted molar refractivity (Wildman–Crippen MR) is 51.4 cm³/mol. The van der Waals surface area contributed by atoms with Crippen molar-refractivity contribution >= 4 is 23.6 Å². The molecule has 5 nitrogen and oxygen atoms in total. The quantitative estimate of drug-likeness (QED) is 0.610. The van der Waals surface area contributed by atoms with Gasteiger partial charge < -0.3 is 10.8 Å². The highest BCUT2D eigenvalue weighted by Crippen LogP contribution is 2.39. The molecule has 76 valence electrons. The van der Waals surface area contributed by atoms with Crippen LogP contribution in [0.25, 0.3) is 0 Å². The summed E-state index contributed by atoms with van der Waals surface area (Å²) in [5, 5.41) is 8.87. The smallest absolute Gasteiger partial charge is 0.352 e. The molecule has 3 N–H and O–H groups in total. The van der Waals surface area contributed by atoms with Crippen LogP contribution in [0.4, 0.5) is 0 Å². The molecule has 0 spiro atoms. The van der Waals surface area contributed by atoms with Crippen molar-refractivity contribution in [1.82, 2.24) is 4.90 Å². The molecular formula is C8H10N2O3S. The molecule has 2 atom stereocenters. The second-order valence-electron chi connectivity index (χ2n) is 3.19. The Balaban J connectivity index is 2.27. The minimum Gasteiger partial charge on any atom is -0.477 e. The first-order valence-electron chi connectivity index (χ1n) is 4.26. The lowest BCUT2D eigenvalue weighted by atomic mass is 10.1. The fraction of sp³-hybridized carbons (Fsp3) is 0.500. The molecule has 1 fully saturated rings. The van der Waals surface area contributed by atoms with Crippen LogP contribution in [0, 0.1) is 0 Å². The number of carbonyl (C=O) groups excluding carboxylic acids is 1. The van der Waals surface area contributed by atoms with E-state index in [4.69, 9.17) is 10.8 Å². The summed E-state index contributed by atoms with van der Waals surface area (Å²) in [5.41, 5.74) is 5.55. The highest BCUT2D eigenvalue weighted by molar-refractivity contribution is 8.00. The van der Waals surface area contributed by atoms with Crippen LogP contribution in [-0.2, 0) is 9.59 Å². The number of β-lactam (4-membered cyclic amide) rings is 1. The average molecular weight is 214 g/mol. The summed E-state index contributed by atoms with van der Waals surface area (Å²) in [6, 6.07) is 0. The summed E-state index contributed by atoms with van der Waals surface area (Å²) < 4.78 is 0. The van der Waals surface area contributed by atoms with Crippen molar-refractivity contribution in [2.24, 2.45) is 5.73 Å². The number of carboxylic acid groups (broad SMARTS) is 1. The second-order valence-corrected chi connectivity index (χ2v) is 4.61. The van der Waals surface area contributed by atoms with Crippen molar-refractivity contribution in [2.45, 2.75) is 17.0 Å². The molecule has 6 heteroatoms. The van der Waals surface area contributed by atoms with E-state index in [9.17, 15) is 9.59 Å². The van der Waals surface area contributed by atoms with Crippen molar-refractivity contribution in [3.63, 3.8) is 0 Å². The van der Waals surface area contributed by atoms with Crippen LogP contribution in [0.5, 0.6) is 0 Å². The standard InChI is InChI=1S/C8H10N2O3S/c9-3-4-1-5(8(12)13)10-6(11)2-7(10)14-4/h1,4,7H,2-3,9H2,(H,12,13)/t4?,7-/m1/s1. The molecule has 0 aliphatic carbocycles. The van der Waals surface area contributed by atoms with Crippen LogP contribution in [-0.4, -0.2) is 39.1 Å². The van der Waals surface area contributed by atoms with E-state index in [-0.39, 0.29) is 22.2 Å². The van der Waals surface area contributed by atoms with E-state index in [1.54, 1.807) is 17.8 Å². The Morgan fingerprint density at radius 2 is 2.50 bits per heavy atom. The molecule has 0 aromatic carbocycles. The van der Waals surface area contributed by atoms with Crippen LogP contribution in [0.2, 0.25) is 0 Å². The Bertz CT molecular complexity index is 329. The van der Waals surface area contributed by atoms with Crippen molar-refractivity contribution in [3.05, 3.63) is 11.8 Å². The number of rotatable bonds is 2. The van der Waals surface area contributed by atoms with Crippen molar-refractivity contribution in [1.29, 1.82) is 0 Å². The lowest BCUT2D eigenvalue weighted by Gasteiger charge is -2.44. The zero-order valence-electron chi connectivity index (χ0n) is 7.34. The van der Waals surface area contributed by atoms with E-state index < -0.39 is 5.97 Å². The molecule has 14 heavy (non-hydrogen) atoms. The molecule has 2 aliphatic rings. The number of carboxylic acids is 1. The number of hydrogen-bond acceptors (Lipinski definition) is 4. The summed E-state index contributed by atoms with van der Waals surface area (Å²) in [6.45, 7) is 0.403. The van der Waals surface area contributed by atoms with Crippen LogP contribution >= 0.6 is 11.8 Å². The molecule has 2 aliphatic heterocycles. The molecular weight excluding hydrogens is 204 g/mol. The predicted octanol–water partition coefficient (Wildman–Crippen LogP) is -0.413. The van der Waals surface area contributed by atoms with Gasteiger partial charge in [-0.25, -0.2) is 4.79 Å². The van der Waals surface area contributed by atoms with Gasteiger partial charge >= 0.3 is 5.97 Å². The van der Waals surface area contributed by atoms with Crippen molar-refractivity contribution in [2.75, 3.05) is 6.54 Å². The van der Waals surface area contributed by atoms with Crippen LogP contribution in [0.3, 0.4) is 0 Å². The van der Waals surface area contributed by atoms with E-state index >= 15 is 0 Å². The minimum atomic E-state index is -1.05. The maximum absolute atomic E-state index is 11.2. The summed E-state index contributed by atoms with van der Waals surface area (Å²) in [7, 11) is 0. The van der Waals surface area contributed by atoms with Crippen LogP contribution in [0.15, 0.2) is 11.8 Å². The first kappa shape index (κ1) is 9.54. The Labute approximate surface area is 84.9 Å². The lowest BCUT2D eigenvalue weighted by Crippen LogP contribution is -2.54. The zero-order valence-corrected chi connectivity index (χ0v) is 8.16. The van der Waals surface area contributed by atoms with Gasteiger partial charge in [0.1, 0.15) is 5.70 Å². The van der Waals surface area contributed by atoms with Crippen LogP contribution in [0.1, 0.15) is 6.42 Å². The lowest BCUT2D eigenvalue weighted by molar-refractivity contribution is -0.146. The van der Waals surface area contributed by atoms with Crippen molar-refractivity contribution < 1.29 is 14.7 Å². The summed E-state index contributed by atoms with van der Waals surface area (Å²) in [5.74, 6) is -1.17. The highest BCUT2D eigenvalue weighted by atomic mass is 32.2. The third-order valence-corrected chi connectivity index (χ3v) is 3.66. The Morgan fingerprint density at radius 1 is 1.79 bits per heavy atom. The summed E-state index contributed by atoms with van der Waals surface area (Å²) in [4.78, 5) is 23.3. The van der Waals surface area contributed by atoms with Crippen molar-refractivity contribution in [3.8, 4) is 0 Å². The second kappa shape index (κ2) is 3.29. The molecule has 0 aromatic rings. The van der Waals surface area contributed by atoms with Gasteiger partial charge in [0, 0.05) is 11.8 Å². The normalized spacial score (nSPS) is 30.5. The monoisotopic (exact) mass is 214 g/mol. The molecule has 0 aromatic heterocycles. The fourth-order valence-corrected chi connectivity index (χ4v) is 2.89. The maximum atomic E-state index is 11.2. The Morgan fingerprint density at radius 3 is 3.00 bits per heavy atom. The van der Waals surface area contributed by atoms with E-state index in [0.717, 1.165) is 0 Å². The molecule has 1 amide bonds. The zero-order chi connectivity index (χ0) is 10.3. The summed E-state index contributed by atoms with van der Waals surface area (Å²) >= 11 is 1.55. The number of hydrogen-bond donors (Lipinski definition) is 2.